The minimum absolute atomic E-state index is 1.13. The highest BCUT2D eigenvalue weighted by atomic mass is 32.1. The van der Waals surface area contributed by atoms with Crippen molar-refractivity contribution in [1.29, 1.82) is 0 Å². The highest BCUT2D eigenvalue weighted by molar-refractivity contribution is 7.26. The molecule has 0 atom stereocenters. The van der Waals surface area contributed by atoms with Crippen molar-refractivity contribution in [2.24, 2.45) is 0 Å². The Morgan fingerprint density at radius 3 is 1.54 bits per heavy atom. The molecule has 10 rings (SSSR count). The Labute approximate surface area is 294 Å². The van der Waals surface area contributed by atoms with Gasteiger partial charge in [0.1, 0.15) is 0 Å². The second kappa shape index (κ2) is 11.7. The minimum Gasteiger partial charge on any atom is -0.310 e. The SMILES string of the molecule is c1ccc2cc(-c3ccc4ccc(-c5ccc(N(c6ccc7ccccc7c6)c6cccc7sc8ccccc8c67)cc5)cc4c3)ccc2c1. The molecular weight excluding hydrogens is 623 g/mol. The fourth-order valence-corrected chi connectivity index (χ4v) is 8.59. The molecule has 10 aromatic rings. The van der Waals surface area contributed by atoms with Gasteiger partial charge in [0.25, 0.3) is 0 Å². The van der Waals surface area contributed by atoms with Crippen LogP contribution >= 0.6 is 11.3 Å². The van der Waals surface area contributed by atoms with E-state index in [4.69, 9.17) is 0 Å². The van der Waals surface area contributed by atoms with Crippen molar-refractivity contribution in [3.63, 3.8) is 0 Å². The number of nitrogens with zero attached hydrogens (tertiary/aromatic N) is 1. The second-order valence-electron chi connectivity index (χ2n) is 13.0. The predicted octanol–water partition coefficient (Wildman–Crippen LogP) is 14.3. The van der Waals surface area contributed by atoms with Gasteiger partial charge in [0.15, 0.2) is 0 Å². The van der Waals surface area contributed by atoms with E-state index in [1.165, 1.54) is 80.4 Å². The first kappa shape index (κ1) is 28.8. The molecule has 0 saturated heterocycles. The van der Waals surface area contributed by atoms with Gasteiger partial charge < -0.3 is 4.90 Å². The van der Waals surface area contributed by atoms with Crippen LogP contribution < -0.4 is 4.90 Å². The Kier molecular flexibility index (Phi) is 6.75. The van der Waals surface area contributed by atoms with Crippen LogP contribution in [0.25, 0.3) is 74.7 Å². The van der Waals surface area contributed by atoms with Gasteiger partial charge in [0, 0.05) is 31.5 Å². The smallest absolute Gasteiger partial charge is 0.0554 e. The van der Waals surface area contributed by atoms with Gasteiger partial charge in [-0.1, -0.05) is 127 Å². The summed E-state index contributed by atoms with van der Waals surface area (Å²) < 4.78 is 2.61. The zero-order valence-corrected chi connectivity index (χ0v) is 28.1. The Hall–Kier alpha value is -6.22. The van der Waals surface area contributed by atoms with Gasteiger partial charge in [-0.2, -0.15) is 0 Å². The number of hydrogen-bond donors (Lipinski definition) is 0. The average molecular weight is 654 g/mol. The van der Waals surface area contributed by atoms with Crippen molar-refractivity contribution >= 4 is 80.9 Å². The van der Waals surface area contributed by atoms with Crippen molar-refractivity contribution in [1.82, 2.24) is 0 Å². The summed E-state index contributed by atoms with van der Waals surface area (Å²) in [4.78, 5) is 2.42. The molecule has 0 unspecified atom stereocenters. The summed E-state index contributed by atoms with van der Waals surface area (Å²) in [5.74, 6) is 0. The normalized spacial score (nSPS) is 11.6. The fraction of sp³-hybridized carbons (Fsp3) is 0. The summed E-state index contributed by atoms with van der Waals surface area (Å²) in [5, 5.41) is 10.1. The van der Waals surface area contributed by atoms with E-state index in [0.717, 1.165) is 11.4 Å². The van der Waals surface area contributed by atoms with Crippen LogP contribution in [-0.2, 0) is 0 Å². The van der Waals surface area contributed by atoms with E-state index in [-0.39, 0.29) is 0 Å². The highest BCUT2D eigenvalue weighted by Crippen LogP contribution is 2.45. The van der Waals surface area contributed by atoms with Gasteiger partial charge in [-0.05, 0) is 115 Å². The number of hydrogen-bond acceptors (Lipinski definition) is 2. The first-order valence-electron chi connectivity index (χ1n) is 17.1. The van der Waals surface area contributed by atoms with Gasteiger partial charge in [-0.25, -0.2) is 0 Å². The van der Waals surface area contributed by atoms with Crippen LogP contribution in [0.15, 0.2) is 188 Å². The number of anilines is 3. The van der Waals surface area contributed by atoms with Crippen LogP contribution in [-0.4, -0.2) is 0 Å². The number of fused-ring (bicyclic) bond motifs is 6. The molecule has 0 fully saturated rings. The Morgan fingerprint density at radius 2 is 0.820 bits per heavy atom. The topological polar surface area (TPSA) is 3.24 Å². The van der Waals surface area contributed by atoms with Gasteiger partial charge in [-0.3, -0.25) is 0 Å². The third kappa shape index (κ3) is 4.92. The Morgan fingerprint density at radius 1 is 0.320 bits per heavy atom. The minimum atomic E-state index is 1.13. The number of benzene rings is 9. The van der Waals surface area contributed by atoms with Gasteiger partial charge in [0.2, 0.25) is 0 Å². The fourth-order valence-electron chi connectivity index (χ4n) is 7.46. The number of thiophene rings is 1. The molecule has 9 aromatic carbocycles. The second-order valence-corrected chi connectivity index (χ2v) is 14.1. The summed E-state index contributed by atoms with van der Waals surface area (Å²) in [5.41, 5.74) is 8.35. The van der Waals surface area contributed by atoms with E-state index in [1.807, 2.05) is 11.3 Å². The van der Waals surface area contributed by atoms with Crippen molar-refractivity contribution in [2.75, 3.05) is 4.90 Å². The summed E-state index contributed by atoms with van der Waals surface area (Å²) in [7, 11) is 0. The quantitative estimate of drug-likeness (QED) is 0.179. The molecule has 0 radical (unpaired) electrons. The zero-order valence-electron chi connectivity index (χ0n) is 27.3. The lowest BCUT2D eigenvalue weighted by atomic mass is 9.96. The summed E-state index contributed by atoms with van der Waals surface area (Å²) in [6.45, 7) is 0. The van der Waals surface area contributed by atoms with E-state index in [0.29, 0.717) is 0 Å². The molecule has 0 spiro atoms. The summed E-state index contributed by atoms with van der Waals surface area (Å²) in [6.07, 6.45) is 0. The van der Waals surface area contributed by atoms with Crippen LogP contribution in [0.2, 0.25) is 0 Å². The number of rotatable bonds is 5. The molecule has 0 N–H and O–H groups in total. The molecule has 0 bridgehead atoms. The maximum absolute atomic E-state index is 2.42. The van der Waals surface area contributed by atoms with E-state index in [9.17, 15) is 0 Å². The third-order valence-electron chi connectivity index (χ3n) is 9.99. The lowest BCUT2D eigenvalue weighted by Crippen LogP contribution is -2.10. The molecule has 1 aromatic heterocycles. The zero-order chi connectivity index (χ0) is 33.0. The Balaban J connectivity index is 1.07. The van der Waals surface area contributed by atoms with Gasteiger partial charge in [-0.15, -0.1) is 11.3 Å². The molecule has 0 saturated carbocycles. The van der Waals surface area contributed by atoms with Crippen molar-refractivity contribution in [3.05, 3.63) is 188 Å². The van der Waals surface area contributed by atoms with E-state index < -0.39 is 0 Å². The highest BCUT2D eigenvalue weighted by Gasteiger charge is 2.19. The van der Waals surface area contributed by atoms with Crippen molar-refractivity contribution in [2.45, 2.75) is 0 Å². The predicted molar refractivity (Wildman–Crippen MR) is 217 cm³/mol. The molecule has 0 aliphatic heterocycles. The van der Waals surface area contributed by atoms with Crippen LogP contribution in [0.4, 0.5) is 17.1 Å². The maximum Gasteiger partial charge on any atom is 0.0554 e. The molecule has 1 heterocycles. The molecule has 0 amide bonds. The molecule has 0 aliphatic carbocycles. The molecule has 234 valence electrons. The molecule has 50 heavy (non-hydrogen) atoms. The lowest BCUT2D eigenvalue weighted by Gasteiger charge is -2.27. The average Bonchev–Trinajstić information content (AvgIpc) is 3.57. The van der Waals surface area contributed by atoms with Crippen molar-refractivity contribution in [3.8, 4) is 22.3 Å². The molecule has 1 nitrogen and oxygen atoms in total. The van der Waals surface area contributed by atoms with E-state index >= 15 is 0 Å². The largest absolute Gasteiger partial charge is 0.310 e. The van der Waals surface area contributed by atoms with Crippen LogP contribution in [0, 0.1) is 0 Å². The molecular formula is C48H31NS. The van der Waals surface area contributed by atoms with Crippen molar-refractivity contribution < 1.29 is 0 Å². The lowest BCUT2D eigenvalue weighted by molar-refractivity contribution is 1.31. The Bertz CT molecular complexity index is 2880. The van der Waals surface area contributed by atoms with E-state index in [2.05, 4.69) is 193 Å². The maximum atomic E-state index is 2.42. The first-order valence-corrected chi connectivity index (χ1v) is 17.9. The molecule has 0 aliphatic rings. The van der Waals surface area contributed by atoms with Gasteiger partial charge >= 0.3 is 0 Å². The first-order chi connectivity index (χ1) is 24.7. The van der Waals surface area contributed by atoms with Crippen LogP contribution in [0.1, 0.15) is 0 Å². The van der Waals surface area contributed by atoms with Gasteiger partial charge in [0.05, 0.1) is 5.69 Å². The monoisotopic (exact) mass is 653 g/mol. The summed E-state index contributed by atoms with van der Waals surface area (Å²) >= 11 is 1.86. The van der Waals surface area contributed by atoms with Crippen LogP contribution in [0.5, 0.6) is 0 Å². The van der Waals surface area contributed by atoms with Crippen LogP contribution in [0.3, 0.4) is 0 Å². The standard InChI is InChI=1S/C48H31NS/c1-3-10-36-28-39(20-16-32(36)8-1)40-21-18-35-17-19-38(29-41(35)30-40)34-22-25-42(26-23-34)49(43-27-24-33-9-2-4-11-37(33)31-43)45-13-7-15-47-48(45)44-12-5-6-14-46(44)50-47/h1-31H. The summed E-state index contributed by atoms with van der Waals surface area (Å²) in [6, 6.07) is 68.9. The molecule has 2 heteroatoms. The van der Waals surface area contributed by atoms with E-state index in [1.54, 1.807) is 0 Å². The third-order valence-corrected chi connectivity index (χ3v) is 11.1.